The Labute approximate surface area is 252 Å². The Morgan fingerprint density at radius 2 is 1.73 bits per heavy atom. The van der Waals surface area contributed by atoms with E-state index in [4.69, 9.17) is 23.8 Å². The van der Waals surface area contributed by atoms with E-state index in [2.05, 4.69) is 10.3 Å². The van der Waals surface area contributed by atoms with Crippen LogP contribution in [0.5, 0.6) is 17.2 Å². The fourth-order valence-corrected chi connectivity index (χ4v) is 4.11. The molecule has 4 aromatic rings. The van der Waals surface area contributed by atoms with Crippen molar-refractivity contribution in [3.8, 4) is 28.4 Å². The maximum atomic E-state index is 11.6. The van der Waals surface area contributed by atoms with Gasteiger partial charge in [-0.25, -0.2) is 4.79 Å². The SMILES string of the molecule is COc1cc(OC[C@@H](O)CO)cc(OC)c1-c1cccc(CNc2ccc(Cn3oc(=O)[n-]c3=O)cc2)c1C.[Na+]. The van der Waals surface area contributed by atoms with Gasteiger partial charge in [0, 0.05) is 30.9 Å². The quantitative estimate of drug-likeness (QED) is 0.188. The monoisotopic (exact) mass is 559 g/mol. The van der Waals surface area contributed by atoms with Crippen molar-refractivity contribution in [2.45, 2.75) is 26.1 Å². The van der Waals surface area contributed by atoms with E-state index in [9.17, 15) is 14.7 Å². The number of hydrogen-bond acceptors (Lipinski definition) is 9. The van der Waals surface area contributed by atoms with Crippen LogP contribution < -0.4 is 65.5 Å². The Hall–Kier alpha value is -3.48. The maximum Gasteiger partial charge on any atom is 1.00 e. The van der Waals surface area contributed by atoms with Crippen LogP contribution in [0.3, 0.4) is 0 Å². The molecule has 1 heterocycles. The second-order valence-corrected chi connectivity index (χ2v) is 8.78. The molecule has 3 aromatic carbocycles. The molecule has 0 saturated heterocycles. The molecular formula is C28H30N3NaO8. The van der Waals surface area contributed by atoms with E-state index in [0.717, 1.165) is 38.2 Å². The number of aliphatic hydroxyl groups excluding tert-OH is 2. The number of anilines is 1. The molecule has 3 N–H and O–H groups in total. The Kier molecular flexibility index (Phi) is 11.1. The van der Waals surface area contributed by atoms with E-state index < -0.39 is 24.2 Å². The van der Waals surface area contributed by atoms with Gasteiger partial charge in [-0.05, 0) is 41.3 Å². The molecule has 1 aromatic heterocycles. The smallest absolute Gasteiger partial charge is 0.496 e. The van der Waals surface area contributed by atoms with E-state index in [1.54, 1.807) is 26.4 Å². The first kappa shape index (κ1) is 31.1. The number of aromatic nitrogens is 2. The van der Waals surface area contributed by atoms with Crippen LogP contribution in [0.2, 0.25) is 0 Å². The van der Waals surface area contributed by atoms with Gasteiger partial charge in [0.2, 0.25) is 0 Å². The van der Waals surface area contributed by atoms with Crippen molar-refractivity contribution >= 4 is 5.69 Å². The van der Waals surface area contributed by atoms with Crippen molar-refractivity contribution in [1.82, 2.24) is 9.72 Å². The molecule has 1 atom stereocenters. The average Bonchev–Trinajstić information content (AvgIpc) is 3.27. The maximum absolute atomic E-state index is 11.6. The Balaban J connectivity index is 0.00000441. The molecule has 0 saturated carbocycles. The van der Waals surface area contributed by atoms with Crippen molar-refractivity contribution in [2.24, 2.45) is 0 Å². The number of rotatable bonds is 12. The summed E-state index contributed by atoms with van der Waals surface area (Å²) in [4.78, 5) is 25.9. The van der Waals surface area contributed by atoms with Crippen LogP contribution in [-0.4, -0.2) is 48.5 Å². The summed E-state index contributed by atoms with van der Waals surface area (Å²) in [6, 6.07) is 16.9. The van der Waals surface area contributed by atoms with Crippen molar-refractivity contribution in [3.05, 3.63) is 92.3 Å². The summed E-state index contributed by atoms with van der Waals surface area (Å²) < 4.78 is 22.6. The topological polar surface area (TPSA) is 146 Å². The molecule has 0 radical (unpaired) electrons. The van der Waals surface area contributed by atoms with Crippen LogP contribution in [-0.2, 0) is 13.1 Å². The third-order valence-electron chi connectivity index (χ3n) is 6.20. The van der Waals surface area contributed by atoms with Gasteiger partial charge in [-0.1, -0.05) is 30.3 Å². The number of hydrogen-bond donors (Lipinski definition) is 3. The Morgan fingerprint density at radius 1 is 1.05 bits per heavy atom. The molecule has 0 amide bonds. The van der Waals surface area contributed by atoms with Crippen LogP contribution in [0.4, 0.5) is 5.69 Å². The second kappa shape index (κ2) is 14.2. The Morgan fingerprint density at radius 3 is 2.30 bits per heavy atom. The third-order valence-corrected chi connectivity index (χ3v) is 6.20. The first-order chi connectivity index (χ1) is 18.8. The summed E-state index contributed by atoms with van der Waals surface area (Å²) in [6.45, 7) is 2.22. The molecule has 0 unspecified atom stereocenters. The van der Waals surface area contributed by atoms with E-state index in [-0.39, 0.29) is 42.7 Å². The Bertz CT molecular complexity index is 1500. The van der Waals surface area contributed by atoms with Crippen molar-refractivity contribution in [1.29, 1.82) is 0 Å². The summed E-state index contributed by atoms with van der Waals surface area (Å²) in [7, 11) is 3.13. The predicted octanol–water partition coefficient (Wildman–Crippen LogP) is -0.852. The van der Waals surface area contributed by atoms with Gasteiger partial charge in [-0.15, -0.1) is 0 Å². The fraction of sp³-hybridized carbons (Fsp3) is 0.286. The van der Waals surface area contributed by atoms with Crippen molar-refractivity contribution < 1.29 is 58.5 Å². The van der Waals surface area contributed by atoms with Gasteiger partial charge in [-0.3, -0.25) is 9.53 Å². The predicted molar refractivity (Wildman–Crippen MR) is 144 cm³/mol. The summed E-state index contributed by atoms with van der Waals surface area (Å²) >= 11 is 0. The standard InChI is InChI=1S/C28H31N3O8.Na/c1-17-19(13-29-20-9-7-18(8-10-20)14-31-27(34)30-28(35)39-31)5-4-6-23(17)26-24(36-2)11-22(12-25(26)37-3)38-16-21(33)15-32;/h4-12,21,29,32-33H,13-16H2,1-3H3,(H,30,34,35);/q;+1/p-1/t21-;/m0./s1. The zero-order valence-electron chi connectivity index (χ0n) is 22.8. The van der Waals surface area contributed by atoms with Gasteiger partial charge in [-0.2, -0.15) is 0 Å². The molecule has 12 heteroatoms. The second-order valence-electron chi connectivity index (χ2n) is 8.78. The van der Waals surface area contributed by atoms with Gasteiger partial charge >= 0.3 is 35.3 Å². The van der Waals surface area contributed by atoms with Crippen molar-refractivity contribution in [3.63, 3.8) is 0 Å². The van der Waals surface area contributed by atoms with E-state index in [1.165, 1.54) is 0 Å². The third kappa shape index (κ3) is 7.38. The van der Waals surface area contributed by atoms with Crippen LogP contribution in [0, 0.1) is 6.92 Å². The molecule has 0 aliphatic heterocycles. The number of benzene rings is 3. The number of nitrogens with zero attached hydrogens (tertiary/aromatic N) is 2. The normalized spacial score (nSPS) is 11.4. The molecule has 0 aliphatic carbocycles. The molecule has 0 fully saturated rings. The van der Waals surface area contributed by atoms with Crippen LogP contribution >= 0.6 is 0 Å². The van der Waals surface area contributed by atoms with E-state index in [1.807, 2.05) is 49.4 Å². The van der Waals surface area contributed by atoms with Crippen molar-refractivity contribution in [2.75, 3.05) is 32.8 Å². The minimum atomic E-state index is -0.991. The fourth-order valence-electron chi connectivity index (χ4n) is 4.11. The largest absolute Gasteiger partial charge is 1.00 e. The molecule has 206 valence electrons. The number of aliphatic hydroxyl groups is 2. The molecule has 0 aliphatic rings. The van der Waals surface area contributed by atoms with Gasteiger partial charge in [0.05, 0.1) is 26.4 Å². The minimum absolute atomic E-state index is 0. The molecular weight excluding hydrogens is 529 g/mol. The zero-order chi connectivity index (χ0) is 27.9. The van der Waals surface area contributed by atoms with Gasteiger partial charge in [0.25, 0.3) is 0 Å². The molecule has 4 rings (SSSR count). The van der Waals surface area contributed by atoms with Crippen LogP contribution in [0.1, 0.15) is 16.7 Å². The molecule has 11 nitrogen and oxygen atoms in total. The average molecular weight is 560 g/mol. The first-order valence-corrected chi connectivity index (χ1v) is 12.2. The molecule has 0 bridgehead atoms. The van der Waals surface area contributed by atoms with Gasteiger partial charge in [0.15, 0.2) is 5.69 Å². The summed E-state index contributed by atoms with van der Waals surface area (Å²) in [5.41, 5.74) is 4.73. The number of ether oxygens (including phenoxy) is 3. The number of methoxy groups -OCH3 is 2. The molecule has 0 spiro atoms. The van der Waals surface area contributed by atoms with E-state index in [0.29, 0.717) is 23.8 Å². The minimum Gasteiger partial charge on any atom is -0.496 e. The number of nitrogens with one attached hydrogen (secondary N) is 1. The van der Waals surface area contributed by atoms with Crippen LogP contribution in [0.25, 0.3) is 11.1 Å². The summed E-state index contributed by atoms with van der Waals surface area (Å²) in [6.07, 6.45) is -0.991. The summed E-state index contributed by atoms with van der Waals surface area (Å²) in [5.74, 6) is 0.622. The van der Waals surface area contributed by atoms with Crippen LogP contribution in [0.15, 0.2) is 68.7 Å². The van der Waals surface area contributed by atoms with E-state index >= 15 is 0 Å². The van der Waals surface area contributed by atoms with Gasteiger partial charge < -0.3 is 39.2 Å². The zero-order valence-corrected chi connectivity index (χ0v) is 24.8. The molecule has 40 heavy (non-hydrogen) atoms. The first-order valence-electron chi connectivity index (χ1n) is 12.2. The summed E-state index contributed by atoms with van der Waals surface area (Å²) in [5, 5.41) is 22.1. The van der Waals surface area contributed by atoms with Gasteiger partial charge in [0.1, 0.15) is 30.0 Å².